The van der Waals surface area contributed by atoms with Gasteiger partial charge in [0.05, 0.1) is 10.5 Å². The molecule has 0 aromatic heterocycles. The van der Waals surface area contributed by atoms with E-state index in [-0.39, 0.29) is 19.0 Å². The first-order valence-corrected chi connectivity index (χ1v) is 8.90. The summed E-state index contributed by atoms with van der Waals surface area (Å²) in [7, 11) is -4.05. The first-order chi connectivity index (χ1) is 11.1. The summed E-state index contributed by atoms with van der Waals surface area (Å²) >= 11 is 0. The second-order valence-electron chi connectivity index (χ2n) is 5.55. The molecule has 24 heavy (non-hydrogen) atoms. The maximum Gasteiger partial charge on any atom is 0.289 e. The number of carbonyl (C=O) groups is 1. The van der Waals surface area contributed by atoms with E-state index in [1.807, 2.05) is 6.92 Å². The summed E-state index contributed by atoms with van der Waals surface area (Å²) in [5.74, 6) is -0.380. The highest BCUT2D eigenvalue weighted by Gasteiger charge is 2.27. The number of nitrogens with zero attached hydrogens (tertiary/aromatic N) is 1. The number of nitro benzene ring substituents is 1. The predicted octanol–water partition coefficient (Wildman–Crippen LogP) is 0.507. The number of sulfonamides is 1. The van der Waals surface area contributed by atoms with Gasteiger partial charge in [0.2, 0.25) is 15.9 Å². The van der Waals surface area contributed by atoms with E-state index < -0.39 is 31.1 Å². The van der Waals surface area contributed by atoms with Crippen LogP contribution in [-0.2, 0) is 14.8 Å². The number of para-hydroxylation sites is 1. The zero-order valence-electron chi connectivity index (χ0n) is 13.6. The lowest BCUT2D eigenvalue weighted by Crippen LogP contribution is -2.52. The third-order valence-electron chi connectivity index (χ3n) is 3.34. The van der Waals surface area contributed by atoms with Crippen molar-refractivity contribution in [2.75, 3.05) is 13.1 Å². The number of benzene rings is 1. The summed E-state index contributed by atoms with van der Waals surface area (Å²) in [6.45, 7) is 3.42. The van der Waals surface area contributed by atoms with Crippen LogP contribution < -0.4 is 15.8 Å². The van der Waals surface area contributed by atoms with Crippen molar-refractivity contribution >= 4 is 21.6 Å². The number of nitro groups is 1. The minimum atomic E-state index is -4.05. The van der Waals surface area contributed by atoms with Gasteiger partial charge in [-0.3, -0.25) is 14.9 Å². The fourth-order valence-corrected chi connectivity index (χ4v) is 3.31. The molecule has 0 bridgehead atoms. The highest BCUT2D eigenvalue weighted by molar-refractivity contribution is 7.89. The highest BCUT2D eigenvalue weighted by atomic mass is 32.2. The molecule has 134 valence electrons. The van der Waals surface area contributed by atoms with Gasteiger partial charge in [0.1, 0.15) is 0 Å². The quantitative estimate of drug-likeness (QED) is 0.333. The number of carbonyl (C=O) groups excluding carboxylic acids is 1. The Kier molecular flexibility index (Phi) is 6.81. The summed E-state index contributed by atoms with van der Waals surface area (Å²) in [5.41, 5.74) is 4.33. The van der Waals surface area contributed by atoms with E-state index in [0.717, 1.165) is 18.6 Å². The Morgan fingerprint density at radius 3 is 2.54 bits per heavy atom. The lowest BCUT2D eigenvalue weighted by atomic mass is 9.97. The van der Waals surface area contributed by atoms with Crippen LogP contribution in [0.1, 0.15) is 26.7 Å². The Morgan fingerprint density at radius 2 is 1.96 bits per heavy atom. The first-order valence-electron chi connectivity index (χ1n) is 7.42. The molecule has 0 saturated heterocycles. The van der Waals surface area contributed by atoms with Crippen LogP contribution in [0.5, 0.6) is 0 Å². The zero-order chi connectivity index (χ0) is 18.4. The minimum Gasteiger partial charge on any atom is -0.353 e. The third kappa shape index (κ3) is 5.25. The molecule has 9 nitrogen and oxygen atoms in total. The smallest absolute Gasteiger partial charge is 0.289 e. The maximum absolute atomic E-state index is 12.1. The van der Waals surface area contributed by atoms with E-state index in [1.165, 1.54) is 12.1 Å². The Labute approximate surface area is 140 Å². The largest absolute Gasteiger partial charge is 0.353 e. The van der Waals surface area contributed by atoms with Gasteiger partial charge in [0, 0.05) is 19.2 Å². The molecular weight excluding hydrogens is 336 g/mol. The molecule has 0 spiro atoms. The van der Waals surface area contributed by atoms with E-state index >= 15 is 0 Å². The molecule has 0 fully saturated rings. The Bertz CT molecular complexity index is 703. The molecule has 0 aliphatic heterocycles. The maximum atomic E-state index is 12.1. The summed E-state index contributed by atoms with van der Waals surface area (Å²) in [6, 6.07) is 5.04. The van der Waals surface area contributed by atoms with Crippen LogP contribution >= 0.6 is 0 Å². The summed E-state index contributed by atoms with van der Waals surface area (Å²) < 4.78 is 26.5. The number of rotatable bonds is 9. The number of nitrogens with two attached hydrogens (primary N) is 1. The van der Waals surface area contributed by atoms with E-state index in [1.54, 1.807) is 6.92 Å². The van der Waals surface area contributed by atoms with Gasteiger partial charge >= 0.3 is 0 Å². The van der Waals surface area contributed by atoms with Crippen molar-refractivity contribution in [2.24, 2.45) is 5.73 Å². The van der Waals surface area contributed by atoms with Crippen molar-refractivity contribution in [1.82, 2.24) is 10.0 Å². The molecule has 1 aromatic carbocycles. The van der Waals surface area contributed by atoms with Crippen LogP contribution in [0.25, 0.3) is 0 Å². The van der Waals surface area contributed by atoms with Crippen molar-refractivity contribution in [2.45, 2.75) is 37.1 Å². The van der Waals surface area contributed by atoms with Crippen LogP contribution in [0.15, 0.2) is 29.2 Å². The lowest BCUT2D eigenvalue weighted by Gasteiger charge is -2.22. The first kappa shape index (κ1) is 20.0. The Morgan fingerprint density at radius 1 is 1.33 bits per heavy atom. The van der Waals surface area contributed by atoms with Crippen molar-refractivity contribution < 1.29 is 18.1 Å². The normalized spacial score (nSPS) is 14.0. The predicted molar refractivity (Wildman–Crippen MR) is 88.8 cm³/mol. The molecule has 0 aliphatic carbocycles. The van der Waals surface area contributed by atoms with Crippen LogP contribution in [0.2, 0.25) is 0 Å². The van der Waals surface area contributed by atoms with Crippen LogP contribution in [0.4, 0.5) is 5.69 Å². The fraction of sp³-hybridized carbons (Fsp3) is 0.500. The van der Waals surface area contributed by atoms with Gasteiger partial charge in [-0.2, -0.15) is 0 Å². The van der Waals surface area contributed by atoms with Crippen molar-refractivity contribution in [3.8, 4) is 0 Å². The van der Waals surface area contributed by atoms with Crippen molar-refractivity contribution in [3.05, 3.63) is 34.4 Å². The molecule has 1 aromatic rings. The molecule has 0 radical (unpaired) electrons. The summed E-state index contributed by atoms with van der Waals surface area (Å²) in [4.78, 5) is 21.6. The molecule has 10 heteroatoms. The SMILES string of the molecule is CCCC(C)(N)C(=O)NCCNS(=O)(=O)c1ccccc1[N+](=O)[O-]. The second kappa shape index (κ2) is 8.18. The van der Waals surface area contributed by atoms with Gasteiger partial charge in [-0.15, -0.1) is 0 Å². The topological polar surface area (TPSA) is 144 Å². The number of nitrogens with one attached hydrogen (secondary N) is 2. The zero-order valence-corrected chi connectivity index (χ0v) is 14.4. The average molecular weight is 358 g/mol. The van der Waals surface area contributed by atoms with Crippen LogP contribution in [-0.4, -0.2) is 37.9 Å². The Hall–Kier alpha value is -2.04. The van der Waals surface area contributed by atoms with E-state index in [9.17, 15) is 23.3 Å². The van der Waals surface area contributed by atoms with Crippen molar-refractivity contribution in [3.63, 3.8) is 0 Å². The molecule has 4 N–H and O–H groups in total. The molecule has 1 amide bonds. The third-order valence-corrected chi connectivity index (χ3v) is 4.85. The molecule has 1 rings (SSSR count). The molecule has 0 heterocycles. The molecular formula is C14H22N4O5S. The fourth-order valence-electron chi connectivity index (χ4n) is 2.11. The van der Waals surface area contributed by atoms with E-state index in [0.29, 0.717) is 6.42 Å². The Balaban J connectivity index is 2.65. The minimum absolute atomic E-state index is 0.0230. The van der Waals surface area contributed by atoms with Gasteiger partial charge in [-0.25, -0.2) is 13.1 Å². The summed E-state index contributed by atoms with van der Waals surface area (Å²) in [6.07, 6.45) is 1.24. The van der Waals surface area contributed by atoms with Gasteiger partial charge in [-0.05, 0) is 19.4 Å². The van der Waals surface area contributed by atoms with Gasteiger partial charge in [0.25, 0.3) is 5.69 Å². The van der Waals surface area contributed by atoms with Gasteiger partial charge in [0.15, 0.2) is 4.90 Å². The van der Waals surface area contributed by atoms with Crippen LogP contribution in [0, 0.1) is 10.1 Å². The van der Waals surface area contributed by atoms with Gasteiger partial charge in [-0.1, -0.05) is 25.5 Å². The van der Waals surface area contributed by atoms with E-state index in [2.05, 4.69) is 10.0 Å². The second-order valence-corrected chi connectivity index (χ2v) is 7.28. The lowest BCUT2D eigenvalue weighted by molar-refractivity contribution is -0.387. The monoisotopic (exact) mass is 358 g/mol. The molecule has 1 unspecified atom stereocenters. The standard InChI is InChI=1S/C14H22N4O5S/c1-3-8-14(2,15)13(19)16-9-10-17-24(22,23)12-7-5-4-6-11(12)18(20)21/h4-7,17H,3,8-10,15H2,1-2H3,(H,16,19). The molecule has 1 atom stereocenters. The molecule has 0 saturated carbocycles. The number of hydrogen-bond acceptors (Lipinski definition) is 6. The van der Waals surface area contributed by atoms with Crippen LogP contribution in [0.3, 0.4) is 0 Å². The van der Waals surface area contributed by atoms with E-state index in [4.69, 9.17) is 5.73 Å². The average Bonchev–Trinajstić information content (AvgIpc) is 2.51. The highest BCUT2D eigenvalue weighted by Crippen LogP contribution is 2.22. The van der Waals surface area contributed by atoms with Gasteiger partial charge < -0.3 is 11.1 Å². The number of amides is 1. The number of hydrogen-bond donors (Lipinski definition) is 3. The van der Waals surface area contributed by atoms with Crippen molar-refractivity contribution in [1.29, 1.82) is 0 Å². The molecule has 0 aliphatic rings. The summed E-state index contributed by atoms with van der Waals surface area (Å²) in [5, 5.41) is 13.4.